The van der Waals surface area contributed by atoms with Crippen molar-refractivity contribution >= 4 is 23.8 Å². The van der Waals surface area contributed by atoms with Gasteiger partial charge in [-0.3, -0.25) is 19.7 Å². The minimum atomic E-state index is -1.20. The summed E-state index contributed by atoms with van der Waals surface area (Å²) in [5.41, 5.74) is 0.302. The molecule has 0 unspecified atom stereocenters. The lowest BCUT2D eigenvalue weighted by Crippen LogP contribution is -2.50. The number of nitrogens with one attached hydrogen (secondary N) is 3. The van der Waals surface area contributed by atoms with Gasteiger partial charge in [0.15, 0.2) is 0 Å². The van der Waals surface area contributed by atoms with Gasteiger partial charge in [0.25, 0.3) is 5.91 Å². The van der Waals surface area contributed by atoms with E-state index in [9.17, 15) is 19.2 Å². The summed E-state index contributed by atoms with van der Waals surface area (Å²) >= 11 is 0. The lowest BCUT2D eigenvalue weighted by Gasteiger charge is -2.13. The van der Waals surface area contributed by atoms with Gasteiger partial charge in [0.1, 0.15) is 12.6 Å². The second-order valence-corrected chi connectivity index (χ2v) is 4.13. The van der Waals surface area contributed by atoms with Crippen molar-refractivity contribution in [2.45, 2.75) is 13.0 Å². The molecule has 0 aromatic heterocycles. The largest absolute Gasteiger partial charge is 0.480 e. The van der Waals surface area contributed by atoms with Crippen molar-refractivity contribution in [2.24, 2.45) is 0 Å². The van der Waals surface area contributed by atoms with Gasteiger partial charge in [-0.25, -0.2) is 4.79 Å². The van der Waals surface area contributed by atoms with Crippen LogP contribution in [0.5, 0.6) is 0 Å². The van der Waals surface area contributed by atoms with Crippen molar-refractivity contribution < 1.29 is 24.3 Å². The molecule has 0 aliphatic rings. The Morgan fingerprint density at radius 3 is 2.33 bits per heavy atom. The predicted molar refractivity (Wildman–Crippen MR) is 72.5 cm³/mol. The number of carboxylic acids is 1. The van der Waals surface area contributed by atoms with Gasteiger partial charge in [-0.1, -0.05) is 18.2 Å². The van der Waals surface area contributed by atoms with E-state index in [0.717, 1.165) is 0 Å². The van der Waals surface area contributed by atoms with Crippen molar-refractivity contribution in [3.05, 3.63) is 35.9 Å². The van der Waals surface area contributed by atoms with Crippen LogP contribution < -0.4 is 16.0 Å². The molecule has 8 nitrogen and oxygen atoms in total. The normalized spacial score (nSPS) is 11.1. The van der Waals surface area contributed by atoms with Gasteiger partial charge in [0, 0.05) is 5.56 Å². The molecule has 0 radical (unpaired) electrons. The number of amides is 4. The number of aliphatic carboxylic acids is 1. The molecule has 4 N–H and O–H groups in total. The third-order valence-electron chi connectivity index (χ3n) is 2.42. The van der Waals surface area contributed by atoms with Gasteiger partial charge in [0.05, 0.1) is 0 Å². The molecule has 112 valence electrons. The molecule has 0 spiro atoms. The van der Waals surface area contributed by atoms with Crippen LogP contribution in [0.15, 0.2) is 30.3 Å². The maximum Gasteiger partial charge on any atom is 0.322 e. The summed E-state index contributed by atoms with van der Waals surface area (Å²) in [6.07, 6.45) is 0. The number of carbonyl (C=O) groups excluding carboxylic acids is 3. The number of carbonyl (C=O) groups is 4. The van der Waals surface area contributed by atoms with Crippen LogP contribution in [0, 0.1) is 0 Å². The first-order valence-electron chi connectivity index (χ1n) is 6.06. The Kier molecular flexibility index (Phi) is 5.87. The van der Waals surface area contributed by atoms with E-state index >= 15 is 0 Å². The molecule has 0 heterocycles. The maximum atomic E-state index is 11.7. The topological polar surface area (TPSA) is 125 Å². The molecular formula is C13H15N3O5. The minimum Gasteiger partial charge on any atom is -0.480 e. The number of benzene rings is 1. The number of carboxylic acid groups (broad SMARTS) is 1. The molecule has 0 aliphatic heterocycles. The zero-order valence-corrected chi connectivity index (χ0v) is 11.3. The quantitative estimate of drug-likeness (QED) is 0.594. The fourth-order valence-electron chi connectivity index (χ4n) is 1.38. The highest BCUT2D eigenvalue weighted by Gasteiger charge is 2.17. The molecule has 1 aromatic rings. The zero-order chi connectivity index (χ0) is 15.8. The Morgan fingerprint density at radius 1 is 1.14 bits per heavy atom. The average molecular weight is 293 g/mol. The van der Waals surface area contributed by atoms with Crippen LogP contribution in [0.4, 0.5) is 4.79 Å². The van der Waals surface area contributed by atoms with Crippen LogP contribution in [-0.2, 0) is 9.59 Å². The van der Waals surface area contributed by atoms with Crippen molar-refractivity contribution in [1.82, 2.24) is 16.0 Å². The first-order valence-corrected chi connectivity index (χ1v) is 6.06. The highest BCUT2D eigenvalue weighted by Crippen LogP contribution is 1.97. The fourth-order valence-corrected chi connectivity index (χ4v) is 1.38. The second kappa shape index (κ2) is 7.63. The van der Waals surface area contributed by atoms with E-state index in [0.29, 0.717) is 5.56 Å². The highest BCUT2D eigenvalue weighted by atomic mass is 16.4. The Balaban J connectivity index is 2.44. The van der Waals surface area contributed by atoms with Gasteiger partial charge >= 0.3 is 12.0 Å². The minimum absolute atomic E-state index is 0.302. The number of hydrogen-bond donors (Lipinski definition) is 4. The van der Waals surface area contributed by atoms with E-state index in [-0.39, 0.29) is 0 Å². The molecule has 1 aromatic carbocycles. The first-order chi connectivity index (χ1) is 9.90. The molecular weight excluding hydrogens is 278 g/mol. The van der Waals surface area contributed by atoms with Crippen LogP contribution in [0.2, 0.25) is 0 Å². The van der Waals surface area contributed by atoms with Crippen LogP contribution in [-0.4, -0.2) is 41.5 Å². The van der Waals surface area contributed by atoms with Crippen molar-refractivity contribution in [3.63, 3.8) is 0 Å². The smallest absolute Gasteiger partial charge is 0.322 e. The molecule has 1 atom stereocenters. The first kappa shape index (κ1) is 16.2. The Bertz CT molecular complexity index is 544. The predicted octanol–water partition coefficient (Wildman–Crippen LogP) is -0.285. The van der Waals surface area contributed by atoms with Crippen LogP contribution in [0.1, 0.15) is 17.3 Å². The van der Waals surface area contributed by atoms with Gasteiger partial charge in [-0.2, -0.15) is 0 Å². The molecule has 0 saturated carbocycles. The van der Waals surface area contributed by atoms with Crippen molar-refractivity contribution in [3.8, 4) is 0 Å². The van der Waals surface area contributed by atoms with Crippen molar-refractivity contribution in [1.29, 1.82) is 0 Å². The SMILES string of the molecule is C[C@H](NC(=O)NC(=O)c1ccccc1)C(=O)NCC(=O)O. The summed E-state index contributed by atoms with van der Waals surface area (Å²) in [6.45, 7) is 0.819. The molecule has 4 amide bonds. The van der Waals surface area contributed by atoms with Gasteiger partial charge in [-0.15, -0.1) is 0 Å². The lowest BCUT2D eigenvalue weighted by atomic mass is 10.2. The summed E-state index contributed by atoms with van der Waals surface area (Å²) in [6, 6.07) is 6.27. The Morgan fingerprint density at radius 2 is 1.76 bits per heavy atom. The van der Waals surface area contributed by atoms with Crippen LogP contribution in [0.25, 0.3) is 0 Å². The molecule has 0 saturated heterocycles. The van der Waals surface area contributed by atoms with E-state index in [4.69, 9.17) is 5.11 Å². The molecule has 1 rings (SSSR count). The Labute approximate surface area is 120 Å². The highest BCUT2D eigenvalue weighted by molar-refractivity contribution is 6.04. The van der Waals surface area contributed by atoms with Gasteiger partial charge in [0.2, 0.25) is 5.91 Å². The molecule has 0 bridgehead atoms. The number of rotatable bonds is 5. The van der Waals surface area contributed by atoms with Gasteiger partial charge < -0.3 is 15.7 Å². The van der Waals surface area contributed by atoms with Gasteiger partial charge in [-0.05, 0) is 19.1 Å². The van der Waals surface area contributed by atoms with Crippen LogP contribution >= 0.6 is 0 Å². The summed E-state index contributed by atoms with van der Waals surface area (Å²) in [5, 5.41) is 14.8. The van der Waals surface area contributed by atoms with E-state index in [1.165, 1.54) is 19.1 Å². The van der Waals surface area contributed by atoms with Crippen molar-refractivity contribution in [2.75, 3.05) is 6.54 Å². The second-order valence-electron chi connectivity index (χ2n) is 4.13. The number of hydrogen-bond acceptors (Lipinski definition) is 4. The van der Waals surface area contributed by atoms with E-state index in [1.54, 1.807) is 18.2 Å². The molecule has 0 aliphatic carbocycles. The Hall–Kier alpha value is -2.90. The van der Waals surface area contributed by atoms with Crippen LogP contribution in [0.3, 0.4) is 0 Å². The summed E-state index contributed by atoms with van der Waals surface area (Å²) < 4.78 is 0. The van der Waals surface area contributed by atoms with E-state index in [2.05, 4.69) is 16.0 Å². The average Bonchev–Trinajstić information content (AvgIpc) is 2.45. The molecule has 0 fully saturated rings. The van der Waals surface area contributed by atoms with E-state index in [1.807, 2.05) is 0 Å². The maximum absolute atomic E-state index is 11.7. The van der Waals surface area contributed by atoms with E-state index < -0.39 is 36.4 Å². The fraction of sp³-hybridized carbons (Fsp3) is 0.231. The zero-order valence-electron chi connectivity index (χ0n) is 11.3. The summed E-state index contributed by atoms with van der Waals surface area (Å²) in [5.74, 6) is -2.47. The molecule has 8 heteroatoms. The monoisotopic (exact) mass is 293 g/mol. The number of imide groups is 1. The third kappa shape index (κ3) is 5.72. The summed E-state index contributed by atoms with van der Waals surface area (Å²) in [4.78, 5) is 44.9. The number of urea groups is 1. The third-order valence-corrected chi connectivity index (χ3v) is 2.42. The molecule has 21 heavy (non-hydrogen) atoms. The summed E-state index contributed by atoms with van der Waals surface area (Å²) in [7, 11) is 0. The lowest BCUT2D eigenvalue weighted by molar-refractivity contribution is -0.138. The standard InChI is InChI=1S/C13H15N3O5/c1-8(11(19)14-7-10(17)18)15-13(21)16-12(20)9-5-3-2-4-6-9/h2-6,8H,7H2,1H3,(H,14,19)(H,17,18)(H2,15,16,20,21)/t8-/m0/s1.